The van der Waals surface area contributed by atoms with Crippen LogP contribution in [0.15, 0.2) is 77.8 Å². The summed E-state index contributed by atoms with van der Waals surface area (Å²) >= 11 is 5.93. The fourth-order valence-electron chi connectivity index (χ4n) is 3.78. The maximum atomic E-state index is 13.2. The lowest BCUT2D eigenvalue weighted by Crippen LogP contribution is -2.61. The van der Waals surface area contributed by atoms with E-state index in [1.807, 2.05) is 30.3 Å². The molecule has 3 aromatic rings. The normalized spacial score (nSPS) is 16.9. The van der Waals surface area contributed by atoms with E-state index in [1.165, 1.54) is 6.07 Å². The SMILES string of the molecule is NC(=O)C1(Cc2ccccc2)NCN=C1C(=O)Nc1ccc(NC(=O)c2ccc(F)cc2Cl)cc1. The summed E-state index contributed by atoms with van der Waals surface area (Å²) in [5, 5.41) is 8.33. The molecule has 1 heterocycles. The molecule has 3 aromatic carbocycles. The van der Waals surface area contributed by atoms with Crippen molar-refractivity contribution in [1.82, 2.24) is 5.32 Å². The minimum absolute atomic E-state index is 0.00261. The first-order valence-corrected chi connectivity index (χ1v) is 11.0. The molecule has 10 heteroatoms. The molecule has 1 aliphatic heterocycles. The largest absolute Gasteiger partial charge is 0.368 e. The van der Waals surface area contributed by atoms with Gasteiger partial charge in [-0.25, -0.2) is 4.39 Å². The number of benzene rings is 3. The van der Waals surface area contributed by atoms with Crippen molar-refractivity contribution in [2.24, 2.45) is 10.7 Å². The minimum atomic E-state index is -1.44. The number of carbonyl (C=O) groups excluding carboxylic acids is 3. The zero-order valence-corrected chi connectivity index (χ0v) is 19.1. The highest BCUT2D eigenvalue weighted by atomic mass is 35.5. The van der Waals surface area contributed by atoms with E-state index >= 15 is 0 Å². The van der Waals surface area contributed by atoms with Crippen LogP contribution in [0.1, 0.15) is 15.9 Å². The van der Waals surface area contributed by atoms with Crippen LogP contribution in [0.5, 0.6) is 0 Å². The first-order chi connectivity index (χ1) is 16.8. The number of hydrogen-bond acceptors (Lipinski definition) is 5. The van der Waals surface area contributed by atoms with Gasteiger partial charge in [-0.05, 0) is 48.0 Å². The summed E-state index contributed by atoms with van der Waals surface area (Å²) < 4.78 is 13.2. The van der Waals surface area contributed by atoms with Gasteiger partial charge in [-0.2, -0.15) is 0 Å². The Balaban J connectivity index is 1.45. The van der Waals surface area contributed by atoms with E-state index < -0.39 is 29.1 Å². The Labute approximate surface area is 205 Å². The molecule has 8 nitrogen and oxygen atoms in total. The van der Waals surface area contributed by atoms with Crippen molar-refractivity contribution >= 4 is 46.4 Å². The fourth-order valence-corrected chi connectivity index (χ4v) is 4.03. The number of halogens is 2. The third-order valence-electron chi connectivity index (χ3n) is 5.55. The Hall–Kier alpha value is -4.08. The number of primary amides is 1. The van der Waals surface area contributed by atoms with E-state index in [1.54, 1.807) is 24.3 Å². The van der Waals surface area contributed by atoms with Gasteiger partial charge in [-0.1, -0.05) is 41.9 Å². The summed E-state index contributed by atoms with van der Waals surface area (Å²) in [6, 6.07) is 19.0. The molecular weight excluding hydrogens is 473 g/mol. The molecule has 1 atom stereocenters. The quantitative estimate of drug-likeness (QED) is 0.403. The average Bonchev–Trinajstić information content (AvgIpc) is 3.26. The second kappa shape index (κ2) is 10.0. The first-order valence-electron chi connectivity index (χ1n) is 10.6. The number of nitrogens with one attached hydrogen (secondary N) is 3. The second-order valence-corrected chi connectivity index (χ2v) is 8.29. The van der Waals surface area contributed by atoms with E-state index in [9.17, 15) is 18.8 Å². The molecule has 0 aromatic heterocycles. The summed E-state index contributed by atoms with van der Waals surface area (Å²) in [4.78, 5) is 42.1. The van der Waals surface area contributed by atoms with Crippen LogP contribution < -0.4 is 21.7 Å². The van der Waals surface area contributed by atoms with E-state index in [0.717, 1.165) is 17.7 Å². The van der Waals surface area contributed by atoms with Crippen molar-refractivity contribution < 1.29 is 18.8 Å². The predicted octanol–water partition coefficient (Wildman–Crippen LogP) is 3.14. The monoisotopic (exact) mass is 493 g/mol. The van der Waals surface area contributed by atoms with Crippen LogP contribution in [0.2, 0.25) is 5.02 Å². The second-order valence-electron chi connectivity index (χ2n) is 7.88. The summed E-state index contributed by atoms with van der Waals surface area (Å²) in [5.41, 5.74) is 6.06. The van der Waals surface area contributed by atoms with Crippen LogP contribution in [0, 0.1) is 5.82 Å². The number of aliphatic imine (C=N–C) groups is 1. The number of nitrogens with zero attached hydrogens (tertiary/aromatic N) is 1. The fraction of sp³-hybridized carbons (Fsp3) is 0.120. The van der Waals surface area contributed by atoms with Gasteiger partial charge in [0.2, 0.25) is 5.91 Å². The van der Waals surface area contributed by atoms with E-state index in [2.05, 4.69) is 20.9 Å². The number of anilines is 2. The maximum absolute atomic E-state index is 13.2. The van der Waals surface area contributed by atoms with E-state index in [0.29, 0.717) is 11.4 Å². The topological polar surface area (TPSA) is 126 Å². The van der Waals surface area contributed by atoms with Crippen molar-refractivity contribution in [3.63, 3.8) is 0 Å². The third kappa shape index (κ3) is 5.21. The summed E-state index contributed by atoms with van der Waals surface area (Å²) in [7, 11) is 0. The molecule has 5 N–H and O–H groups in total. The Morgan fingerprint density at radius 2 is 1.60 bits per heavy atom. The predicted molar refractivity (Wildman–Crippen MR) is 132 cm³/mol. The molecule has 0 radical (unpaired) electrons. The smallest absolute Gasteiger partial charge is 0.272 e. The van der Waals surface area contributed by atoms with Gasteiger partial charge in [-0.3, -0.25) is 24.7 Å². The molecule has 0 saturated carbocycles. The molecular formula is C25H21ClFN5O3. The minimum Gasteiger partial charge on any atom is -0.368 e. The maximum Gasteiger partial charge on any atom is 0.272 e. The van der Waals surface area contributed by atoms with Crippen LogP contribution in [0.25, 0.3) is 0 Å². The third-order valence-corrected chi connectivity index (χ3v) is 5.86. The number of hydrogen-bond donors (Lipinski definition) is 4. The van der Waals surface area contributed by atoms with Gasteiger partial charge in [0, 0.05) is 17.8 Å². The van der Waals surface area contributed by atoms with Crippen molar-refractivity contribution in [2.75, 3.05) is 17.3 Å². The molecule has 4 rings (SSSR count). The lowest BCUT2D eigenvalue weighted by atomic mass is 9.85. The number of rotatable bonds is 7. The van der Waals surface area contributed by atoms with Gasteiger partial charge in [0.1, 0.15) is 11.5 Å². The van der Waals surface area contributed by atoms with Gasteiger partial charge in [0.25, 0.3) is 11.8 Å². The molecule has 1 aliphatic rings. The molecule has 0 aliphatic carbocycles. The zero-order valence-electron chi connectivity index (χ0n) is 18.3. The summed E-state index contributed by atoms with van der Waals surface area (Å²) in [5.74, 6) is -2.33. The van der Waals surface area contributed by atoms with Crippen molar-refractivity contribution in [3.8, 4) is 0 Å². The van der Waals surface area contributed by atoms with Gasteiger partial charge in [0.15, 0.2) is 5.54 Å². The first kappa shape index (κ1) is 24.1. The number of carbonyl (C=O) groups is 3. The van der Waals surface area contributed by atoms with Crippen LogP contribution in [-0.2, 0) is 16.0 Å². The standard InChI is InChI=1S/C25H21ClFN5O3/c26-20-12-16(27)6-11-19(20)22(33)31-17-7-9-18(10-8-17)32-23(34)21-25(24(28)35,30-14-29-21)13-15-4-2-1-3-5-15/h1-12,30H,13-14H2,(H2,28,35)(H,31,33)(H,32,34). The van der Waals surface area contributed by atoms with Crippen molar-refractivity contribution in [3.05, 3.63) is 94.8 Å². The Morgan fingerprint density at radius 1 is 0.971 bits per heavy atom. The van der Waals surface area contributed by atoms with Gasteiger partial charge in [0.05, 0.1) is 17.3 Å². The summed E-state index contributed by atoms with van der Waals surface area (Å²) in [6.07, 6.45) is 0.173. The molecule has 3 amide bonds. The number of amides is 3. The van der Waals surface area contributed by atoms with E-state index in [-0.39, 0.29) is 29.4 Å². The highest BCUT2D eigenvalue weighted by Crippen LogP contribution is 2.23. The van der Waals surface area contributed by atoms with Crippen LogP contribution >= 0.6 is 11.6 Å². The van der Waals surface area contributed by atoms with Crippen molar-refractivity contribution in [1.29, 1.82) is 0 Å². The van der Waals surface area contributed by atoms with Gasteiger partial charge < -0.3 is 16.4 Å². The molecule has 35 heavy (non-hydrogen) atoms. The highest BCUT2D eigenvalue weighted by molar-refractivity contribution is 6.50. The average molecular weight is 494 g/mol. The van der Waals surface area contributed by atoms with Crippen LogP contribution in [0.3, 0.4) is 0 Å². The Morgan fingerprint density at radius 3 is 2.20 bits per heavy atom. The molecule has 178 valence electrons. The van der Waals surface area contributed by atoms with Crippen LogP contribution in [-0.4, -0.2) is 35.6 Å². The van der Waals surface area contributed by atoms with E-state index in [4.69, 9.17) is 17.3 Å². The molecule has 0 bridgehead atoms. The Bertz CT molecular complexity index is 1310. The molecule has 0 saturated heterocycles. The lowest BCUT2D eigenvalue weighted by Gasteiger charge is -2.27. The molecule has 0 spiro atoms. The lowest BCUT2D eigenvalue weighted by molar-refractivity contribution is -0.122. The Kier molecular flexibility index (Phi) is 6.90. The number of nitrogens with two attached hydrogens (primary N) is 1. The molecule has 1 unspecified atom stereocenters. The molecule has 0 fully saturated rings. The van der Waals surface area contributed by atoms with Gasteiger partial charge >= 0.3 is 0 Å². The summed E-state index contributed by atoms with van der Waals surface area (Å²) in [6.45, 7) is 0.0788. The van der Waals surface area contributed by atoms with Gasteiger partial charge in [-0.15, -0.1) is 0 Å². The zero-order chi connectivity index (χ0) is 25.0. The van der Waals surface area contributed by atoms with Crippen LogP contribution in [0.4, 0.5) is 15.8 Å². The van der Waals surface area contributed by atoms with Crippen molar-refractivity contribution in [2.45, 2.75) is 12.0 Å². The highest BCUT2D eigenvalue weighted by Gasteiger charge is 2.47.